The van der Waals surface area contributed by atoms with Crippen LogP contribution in [0.4, 0.5) is 0 Å². The molecule has 1 aromatic heterocycles. The molecule has 1 saturated carbocycles. The number of nitrogens with one attached hydrogen (secondary N) is 1. The maximum Gasteiger partial charge on any atom is 0.255 e. The first kappa shape index (κ1) is 20.6. The molecule has 1 N–H and O–H groups in total. The zero-order chi connectivity index (χ0) is 20.5. The van der Waals surface area contributed by atoms with E-state index in [0.29, 0.717) is 11.9 Å². The SMILES string of the molecule is CC[C@H](C)C(=O)N1CCC[C@@H]1c1nc2c(c(=O)[nH]1)CN(C1CCC(C)CC1)CC2. The summed E-state index contributed by atoms with van der Waals surface area (Å²) in [6.45, 7) is 8.85. The molecule has 6 heteroatoms. The Bertz CT molecular complexity index is 797. The molecule has 4 rings (SSSR count). The number of carbonyl (C=O) groups is 1. The van der Waals surface area contributed by atoms with Gasteiger partial charge in [0, 0.05) is 38.0 Å². The average Bonchev–Trinajstić information content (AvgIpc) is 3.23. The summed E-state index contributed by atoms with van der Waals surface area (Å²) >= 11 is 0. The van der Waals surface area contributed by atoms with Crippen LogP contribution in [0.5, 0.6) is 0 Å². The zero-order valence-corrected chi connectivity index (χ0v) is 18.2. The van der Waals surface area contributed by atoms with E-state index < -0.39 is 0 Å². The lowest BCUT2D eigenvalue weighted by atomic mass is 9.86. The van der Waals surface area contributed by atoms with Gasteiger partial charge >= 0.3 is 0 Å². The number of aromatic amines is 1. The Labute approximate surface area is 174 Å². The summed E-state index contributed by atoms with van der Waals surface area (Å²) in [6.07, 6.45) is 8.62. The topological polar surface area (TPSA) is 69.3 Å². The summed E-state index contributed by atoms with van der Waals surface area (Å²) in [5.74, 6) is 1.74. The van der Waals surface area contributed by atoms with Crippen molar-refractivity contribution in [2.24, 2.45) is 11.8 Å². The Morgan fingerprint density at radius 2 is 1.97 bits per heavy atom. The van der Waals surface area contributed by atoms with Crippen molar-refractivity contribution in [1.29, 1.82) is 0 Å². The maximum atomic E-state index is 13.0. The molecule has 1 saturated heterocycles. The number of likely N-dealkylation sites (tertiary alicyclic amines) is 1. The van der Waals surface area contributed by atoms with Gasteiger partial charge in [-0.05, 0) is 50.9 Å². The summed E-state index contributed by atoms with van der Waals surface area (Å²) in [4.78, 5) is 38.1. The van der Waals surface area contributed by atoms with E-state index in [9.17, 15) is 9.59 Å². The van der Waals surface area contributed by atoms with E-state index in [-0.39, 0.29) is 23.4 Å². The van der Waals surface area contributed by atoms with Gasteiger partial charge in [-0.15, -0.1) is 0 Å². The third-order valence-electron chi connectivity index (χ3n) is 7.50. The fourth-order valence-corrected chi connectivity index (χ4v) is 5.31. The van der Waals surface area contributed by atoms with Crippen molar-refractivity contribution in [3.63, 3.8) is 0 Å². The van der Waals surface area contributed by atoms with Gasteiger partial charge in [-0.2, -0.15) is 0 Å². The van der Waals surface area contributed by atoms with Crippen LogP contribution in [0.2, 0.25) is 0 Å². The van der Waals surface area contributed by atoms with E-state index >= 15 is 0 Å². The largest absolute Gasteiger partial charge is 0.332 e. The third kappa shape index (κ3) is 4.14. The minimum absolute atomic E-state index is 0.00159. The number of fused-ring (bicyclic) bond motifs is 1. The smallest absolute Gasteiger partial charge is 0.255 e. The number of hydrogen-bond acceptors (Lipinski definition) is 4. The number of H-pyrrole nitrogens is 1. The van der Waals surface area contributed by atoms with Crippen molar-refractivity contribution in [3.8, 4) is 0 Å². The molecule has 3 heterocycles. The summed E-state index contributed by atoms with van der Waals surface area (Å²) in [6, 6.07) is 0.532. The Morgan fingerprint density at radius 1 is 1.21 bits per heavy atom. The molecule has 6 nitrogen and oxygen atoms in total. The van der Waals surface area contributed by atoms with Crippen LogP contribution in [-0.4, -0.2) is 44.8 Å². The zero-order valence-electron chi connectivity index (χ0n) is 18.2. The Balaban J connectivity index is 1.52. The van der Waals surface area contributed by atoms with Crippen LogP contribution in [0.1, 0.15) is 88.8 Å². The van der Waals surface area contributed by atoms with Crippen molar-refractivity contribution in [1.82, 2.24) is 19.8 Å². The number of aromatic nitrogens is 2. The fraction of sp³-hybridized carbons (Fsp3) is 0.783. The van der Waals surface area contributed by atoms with E-state index in [2.05, 4.69) is 16.8 Å². The van der Waals surface area contributed by atoms with Crippen LogP contribution >= 0.6 is 0 Å². The van der Waals surface area contributed by atoms with E-state index in [1.807, 2.05) is 18.7 Å². The van der Waals surface area contributed by atoms with Crippen LogP contribution < -0.4 is 5.56 Å². The summed E-state index contributed by atoms with van der Waals surface area (Å²) < 4.78 is 0. The van der Waals surface area contributed by atoms with E-state index in [0.717, 1.165) is 62.5 Å². The van der Waals surface area contributed by atoms with Crippen molar-refractivity contribution in [3.05, 3.63) is 27.4 Å². The van der Waals surface area contributed by atoms with Gasteiger partial charge in [0.25, 0.3) is 5.56 Å². The fourth-order valence-electron chi connectivity index (χ4n) is 5.31. The predicted octanol–water partition coefficient (Wildman–Crippen LogP) is 3.42. The predicted molar refractivity (Wildman–Crippen MR) is 114 cm³/mol. The van der Waals surface area contributed by atoms with Gasteiger partial charge < -0.3 is 9.88 Å². The Morgan fingerprint density at radius 3 is 2.69 bits per heavy atom. The molecule has 160 valence electrons. The highest BCUT2D eigenvalue weighted by molar-refractivity contribution is 5.79. The summed E-state index contributed by atoms with van der Waals surface area (Å²) in [5.41, 5.74) is 1.80. The first-order valence-corrected chi connectivity index (χ1v) is 11.6. The van der Waals surface area contributed by atoms with Crippen LogP contribution in [0.3, 0.4) is 0 Å². The first-order chi connectivity index (χ1) is 14.0. The quantitative estimate of drug-likeness (QED) is 0.841. The third-order valence-corrected chi connectivity index (χ3v) is 7.50. The molecule has 1 aliphatic carbocycles. The second-order valence-corrected chi connectivity index (χ2v) is 9.51. The van der Waals surface area contributed by atoms with Crippen molar-refractivity contribution in [2.45, 2.75) is 90.8 Å². The number of rotatable bonds is 4. The van der Waals surface area contributed by atoms with E-state index in [1.54, 1.807) is 0 Å². The summed E-state index contributed by atoms with van der Waals surface area (Å²) in [7, 11) is 0. The van der Waals surface area contributed by atoms with Crippen molar-refractivity contribution in [2.75, 3.05) is 13.1 Å². The Hall–Kier alpha value is -1.69. The second-order valence-electron chi connectivity index (χ2n) is 9.51. The lowest BCUT2D eigenvalue weighted by molar-refractivity contribution is -0.136. The summed E-state index contributed by atoms with van der Waals surface area (Å²) in [5, 5.41) is 0. The minimum Gasteiger partial charge on any atom is -0.332 e. The van der Waals surface area contributed by atoms with Gasteiger partial charge in [0.1, 0.15) is 5.82 Å². The molecule has 29 heavy (non-hydrogen) atoms. The lowest BCUT2D eigenvalue weighted by Gasteiger charge is -2.38. The molecular formula is C23H36N4O2. The van der Waals surface area contributed by atoms with Crippen molar-refractivity contribution < 1.29 is 4.79 Å². The molecule has 0 spiro atoms. The number of nitrogens with zero attached hydrogens (tertiary/aromatic N) is 3. The lowest BCUT2D eigenvalue weighted by Crippen LogP contribution is -2.44. The standard InChI is InChI=1S/C23H36N4O2/c1-4-16(3)23(29)27-12-5-6-20(27)21-24-19-11-13-26(14-18(19)22(28)25-21)17-9-7-15(2)8-10-17/h15-17,20H,4-14H2,1-3H3,(H,24,25,28)/t15?,16-,17?,20+/m0/s1. The average molecular weight is 401 g/mol. The van der Waals surface area contributed by atoms with Gasteiger partial charge in [-0.25, -0.2) is 4.98 Å². The van der Waals surface area contributed by atoms with Crippen molar-refractivity contribution >= 4 is 5.91 Å². The van der Waals surface area contributed by atoms with Gasteiger partial charge in [-0.3, -0.25) is 14.5 Å². The number of amides is 1. The van der Waals surface area contributed by atoms with E-state index in [4.69, 9.17) is 4.98 Å². The molecule has 0 unspecified atom stereocenters. The highest BCUT2D eigenvalue weighted by atomic mass is 16.2. The monoisotopic (exact) mass is 400 g/mol. The molecule has 2 atom stereocenters. The van der Waals surface area contributed by atoms with Crippen LogP contribution in [0.25, 0.3) is 0 Å². The van der Waals surface area contributed by atoms with E-state index in [1.165, 1.54) is 25.7 Å². The first-order valence-electron chi connectivity index (χ1n) is 11.6. The molecule has 1 amide bonds. The molecule has 0 radical (unpaired) electrons. The van der Waals surface area contributed by atoms with Crippen LogP contribution in [0, 0.1) is 11.8 Å². The molecule has 0 aromatic carbocycles. The Kier molecular flexibility index (Phi) is 6.09. The number of hydrogen-bond donors (Lipinski definition) is 1. The van der Waals surface area contributed by atoms with Gasteiger partial charge in [-0.1, -0.05) is 20.8 Å². The van der Waals surface area contributed by atoms with Crippen LogP contribution in [-0.2, 0) is 17.8 Å². The van der Waals surface area contributed by atoms with Gasteiger partial charge in [0.05, 0.1) is 17.3 Å². The molecular weight excluding hydrogens is 364 g/mol. The number of carbonyl (C=O) groups excluding carboxylic acids is 1. The molecule has 2 aliphatic heterocycles. The molecule has 1 aromatic rings. The molecule has 0 bridgehead atoms. The van der Waals surface area contributed by atoms with Crippen LogP contribution in [0.15, 0.2) is 4.79 Å². The van der Waals surface area contributed by atoms with Gasteiger partial charge in [0.15, 0.2) is 0 Å². The molecule has 3 aliphatic rings. The minimum atomic E-state index is -0.0765. The second kappa shape index (κ2) is 8.58. The van der Waals surface area contributed by atoms with Gasteiger partial charge in [0.2, 0.25) is 5.91 Å². The highest BCUT2D eigenvalue weighted by Gasteiger charge is 2.35. The maximum absolute atomic E-state index is 13.0. The molecule has 2 fully saturated rings. The highest BCUT2D eigenvalue weighted by Crippen LogP contribution is 2.33. The normalized spacial score (nSPS) is 28.9.